The Morgan fingerprint density at radius 2 is 2.38 bits per heavy atom. The SMILES string of the molecule is O=C(O)c1nc2cccnc2n1CC1CC1. The van der Waals surface area contributed by atoms with Gasteiger partial charge in [0.15, 0.2) is 5.65 Å². The summed E-state index contributed by atoms with van der Waals surface area (Å²) >= 11 is 0. The summed E-state index contributed by atoms with van der Waals surface area (Å²) in [5.41, 5.74) is 1.33. The zero-order valence-corrected chi connectivity index (χ0v) is 8.63. The molecule has 0 amide bonds. The van der Waals surface area contributed by atoms with Crippen LogP contribution in [0.4, 0.5) is 0 Å². The summed E-state index contributed by atoms with van der Waals surface area (Å²) in [6.45, 7) is 0.717. The van der Waals surface area contributed by atoms with E-state index in [1.807, 2.05) is 0 Å². The highest BCUT2D eigenvalue weighted by atomic mass is 16.4. The molecular formula is C11H11N3O2. The highest BCUT2D eigenvalue weighted by molar-refractivity contribution is 5.88. The van der Waals surface area contributed by atoms with E-state index < -0.39 is 5.97 Å². The molecule has 16 heavy (non-hydrogen) atoms. The lowest BCUT2D eigenvalue weighted by Crippen LogP contribution is -2.11. The van der Waals surface area contributed by atoms with Crippen LogP contribution in [-0.4, -0.2) is 25.6 Å². The van der Waals surface area contributed by atoms with Gasteiger partial charge in [-0.15, -0.1) is 0 Å². The van der Waals surface area contributed by atoms with Crippen LogP contribution in [-0.2, 0) is 6.54 Å². The Kier molecular flexibility index (Phi) is 1.92. The second-order valence-corrected chi connectivity index (χ2v) is 4.14. The number of fused-ring (bicyclic) bond motifs is 1. The molecule has 1 fully saturated rings. The number of nitrogens with zero attached hydrogens (tertiary/aromatic N) is 3. The van der Waals surface area contributed by atoms with Gasteiger partial charge in [-0.25, -0.2) is 14.8 Å². The number of rotatable bonds is 3. The highest BCUT2D eigenvalue weighted by Gasteiger charge is 2.26. The van der Waals surface area contributed by atoms with Crippen LogP contribution in [0.15, 0.2) is 18.3 Å². The van der Waals surface area contributed by atoms with Crippen LogP contribution in [0.1, 0.15) is 23.5 Å². The number of imidazole rings is 1. The van der Waals surface area contributed by atoms with E-state index in [0.29, 0.717) is 17.1 Å². The van der Waals surface area contributed by atoms with Crippen LogP contribution < -0.4 is 0 Å². The number of carboxylic acids is 1. The van der Waals surface area contributed by atoms with E-state index >= 15 is 0 Å². The van der Waals surface area contributed by atoms with Crippen LogP contribution in [0.5, 0.6) is 0 Å². The third-order valence-corrected chi connectivity index (χ3v) is 2.83. The van der Waals surface area contributed by atoms with Gasteiger partial charge in [-0.05, 0) is 30.9 Å². The third-order valence-electron chi connectivity index (χ3n) is 2.83. The van der Waals surface area contributed by atoms with Crippen molar-refractivity contribution in [2.75, 3.05) is 0 Å². The van der Waals surface area contributed by atoms with Gasteiger partial charge in [-0.1, -0.05) is 0 Å². The molecule has 2 heterocycles. The fraction of sp³-hybridized carbons (Fsp3) is 0.364. The molecule has 0 radical (unpaired) electrons. The first-order chi connectivity index (χ1) is 7.75. The lowest BCUT2D eigenvalue weighted by molar-refractivity contribution is 0.0678. The normalized spacial score (nSPS) is 15.5. The molecule has 0 aromatic carbocycles. The number of aromatic nitrogens is 3. The largest absolute Gasteiger partial charge is 0.475 e. The molecular weight excluding hydrogens is 206 g/mol. The fourth-order valence-corrected chi connectivity index (χ4v) is 1.85. The van der Waals surface area contributed by atoms with Crippen molar-refractivity contribution in [3.8, 4) is 0 Å². The van der Waals surface area contributed by atoms with E-state index in [-0.39, 0.29) is 5.82 Å². The molecule has 0 spiro atoms. The van der Waals surface area contributed by atoms with Crippen molar-refractivity contribution in [2.45, 2.75) is 19.4 Å². The second kappa shape index (κ2) is 3.30. The first-order valence-electron chi connectivity index (χ1n) is 5.30. The lowest BCUT2D eigenvalue weighted by Gasteiger charge is -2.03. The summed E-state index contributed by atoms with van der Waals surface area (Å²) in [5.74, 6) is -0.295. The maximum Gasteiger partial charge on any atom is 0.372 e. The number of carboxylic acid groups (broad SMARTS) is 1. The van der Waals surface area contributed by atoms with Crippen molar-refractivity contribution in [3.05, 3.63) is 24.2 Å². The van der Waals surface area contributed by atoms with Crippen LogP contribution in [0.3, 0.4) is 0 Å². The van der Waals surface area contributed by atoms with E-state index in [0.717, 1.165) is 6.54 Å². The molecule has 82 valence electrons. The van der Waals surface area contributed by atoms with Gasteiger partial charge in [0.25, 0.3) is 0 Å². The topological polar surface area (TPSA) is 68.0 Å². The lowest BCUT2D eigenvalue weighted by atomic mass is 10.4. The van der Waals surface area contributed by atoms with E-state index in [9.17, 15) is 4.79 Å². The third kappa shape index (κ3) is 1.44. The average Bonchev–Trinajstić information content (AvgIpc) is 3.00. The van der Waals surface area contributed by atoms with E-state index in [2.05, 4.69) is 9.97 Å². The van der Waals surface area contributed by atoms with Gasteiger partial charge in [0.2, 0.25) is 5.82 Å². The summed E-state index contributed by atoms with van der Waals surface area (Å²) in [6, 6.07) is 3.56. The molecule has 2 aromatic heterocycles. The van der Waals surface area contributed by atoms with Crippen LogP contribution in [0.25, 0.3) is 11.2 Å². The van der Waals surface area contributed by atoms with Crippen molar-refractivity contribution in [3.63, 3.8) is 0 Å². The Labute approximate surface area is 91.7 Å². The van der Waals surface area contributed by atoms with E-state index in [4.69, 9.17) is 5.11 Å². The minimum atomic E-state index is -0.987. The van der Waals surface area contributed by atoms with Gasteiger partial charge in [-0.2, -0.15) is 0 Å². The minimum absolute atomic E-state index is 0.0978. The molecule has 1 N–H and O–H groups in total. The number of hydrogen-bond donors (Lipinski definition) is 1. The molecule has 0 unspecified atom stereocenters. The van der Waals surface area contributed by atoms with Crippen molar-refractivity contribution in [1.82, 2.24) is 14.5 Å². The molecule has 0 aliphatic heterocycles. The predicted molar refractivity (Wildman–Crippen MR) is 57.2 cm³/mol. The molecule has 1 aliphatic rings. The maximum absolute atomic E-state index is 11.1. The molecule has 5 heteroatoms. The first-order valence-corrected chi connectivity index (χ1v) is 5.30. The van der Waals surface area contributed by atoms with E-state index in [1.165, 1.54) is 12.8 Å². The second-order valence-electron chi connectivity index (χ2n) is 4.14. The Morgan fingerprint density at radius 1 is 1.56 bits per heavy atom. The summed E-state index contributed by atoms with van der Waals surface area (Å²) in [4.78, 5) is 19.4. The number of pyridine rings is 1. The Balaban J connectivity index is 2.18. The van der Waals surface area contributed by atoms with Crippen molar-refractivity contribution in [2.24, 2.45) is 5.92 Å². The molecule has 1 saturated carbocycles. The Morgan fingerprint density at radius 3 is 3.06 bits per heavy atom. The number of aromatic carboxylic acids is 1. The van der Waals surface area contributed by atoms with Crippen LogP contribution in [0, 0.1) is 5.92 Å². The van der Waals surface area contributed by atoms with Gasteiger partial charge in [0.1, 0.15) is 5.52 Å². The highest BCUT2D eigenvalue weighted by Crippen LogP contribution is 2.32. The van der Waals surface area contributed by atoms with Crippen molar-refractivity contribution >= 4 is 17.1 Å². The summed E-state index contributed by atoms with van der Waals surface area (Å²) in [6.07, 6.45) is 4.01. The van der Waals surface area contributed by atoms with Crippen molar-refractivity contribution < 1.29 is 9.90 Å². The molecule has 1 aliphatic carbocycles. The van der Waals surface area contributed by atoms with Crippen LogP contribution in [0.2, 0.25) is 0 Å². The maximum atomic E-state index is 11.1. The van der Waals surface area contributed by atoms with Gasteiger partial charge in [0, 0.05) is 12.7 Å². The first kappa shape index (κ1) is 9.33. The van der Waals surface area contributed by atoms with Crippen molar-refractivity contribution in [1.29, 1.82) is 0 Å². The van der Waals surface area contributed by atoms with Gasteiger partial charge >= 0.3 is 5.97 Å². The minimum Gasteiger partial charge on any atom is -0.475 e. The average molecular weight is 217 g/mol. The predicted octanol–water partition coefficient (Wildman–Crippen LogP) is 1.54. The molecule has 0 atom stereocenters. The van der Waals surface area contributed by atoms with Gasteiger partial charge < -0.3 is 9.67 Å². The molecule has 2 aromatic rings. The van der Waals surface area contributed by atoms with E-state index in [1.54, 1.807) is 22.9 Å². The van der Waals surface area contributed by atoms with Gasteiger partial charge in [0.05, 0.1) is 0 Å². The number of carbonyl (C=O) groups is 1. The summed E-state index contributed by atoms with van der Waals surface area (Å²) in [5, 5.41) is 9.09. The smallest absolute Gasteiger partial charge is 0.372 e. The summed E-state index contributed by atoms with van der Waals surface area (Å²) in [7, 11) is 0. The molecule has 0 bridgehead atoms. The zero-order chi connectivity index (χ0) is 11.1. The zero-order valence-electron chi connectivity index (χ0n) is 8.63. The number of hydrogen-bond acceptors (Lipinski definition) is 3. The quantitative estimate of drug-likeness (QED) is 0.846. The standard InChI is InChI=1S/C11H11N3O2/c15-11(16)10-13-8-2-1-5-12-9(8)14(10)6-7-3-4-7/h1-2,5,7H,3-4,6H2,(H,15,16). The summed E-state index contributed by atoms with van der Waals surface area (Å²) < 4.78 is 1.72. The fourth-order valence-electron chi connectivity index (χ4n) is 1.85. The molecule has 0 saturated heterocycles. The Hall–Kier alpha value is -1.91. The Bertz CT molecular complexity index is 557. The van der Waals surface area contributed by atoms with Crippen LogP contribution >= 0.6 is 0 Å². The van der Waals surface area contributed by atoms with Gasteiger partial charge in [-0.3, -0.25) is 0 Å². The molecule has 5 nitrogen and oxygen atoms in total. The monoisotopic (exact) mass is 217 g/mol. The molecule has 3 rings (SSSR count).